The summed E-state index contributed by atoms with van der Waals surface area (Å²) in [6, 6.07) is 8.61. The van der Waals surface area contributed by atoms with Crippen molar-refractivity contribution in [2.75, 3.05) is 27.2 Å². The van der Waals surface area contributed by atoms with Crippen molar-refractivity contribution in [3.05, 3.63) is 48.0 Å². The minimum absolute atomic E-state index is 0.317. The van der Waals surface area contributed by atoms with Gasteiger partial charge in [-0.25, -0.2) is 4.98 Å². The maximum atomic E-state index is 5.22. The minimum Gasteiger partial charge on any atom is -0.497 e. The number of fused-ring (bicyclic) bond motifs is 1. The van der Waals surface area contributed by atoms with Gasteiger partial charge in [-0.05, 0) is 24.7 Å². The molecule has 1 aliphatic rings. The second kappa shape index (κ2) is 6.28. The number of aromatic nitrogens is 2. The van der Waals surface area contributed by atoms with E-state index < -0.39 is 0 Å². The Morgan fingerprint density at radius 3 is 2.81 bits per heavy atom. The average molecular weight is 286 g/mol. The highest BCUT2D eigenvalue weighted by Crippen LogP contribution is 2.20. The third kappa shape index (κ3) is 3.09. The number of rotatable bonds is 5. The third-order valence-electron chi connectivity index (χ3n) is 4.13. The van der Waals surface area contributed by atoms with Crippen molar-refractivity contribution in [3.8, 4) is 5.75 Å². The minimum atomic E-state index is 0.317. The molecule has 1 unspecified atom stereocenters. The number of likely N-dealkylation sites (N-methyl/N-ethyl adjacent to an activating group) is 1. The largest absolute Gasteiger partial charge is 0.497 e. The van der Waals surface area contributed by atoms with Gasteiger partial charge < -0.3 is 14.6 Å². The Bertz CT molecular complexity index is 578. The Morgan fingerprint density at radius 2 is 2.10 bits per heavy atom. The van der Waals surface area contributed by atoms with Crippen molar-refractivity contribution >= 4 is 0 Å². The van der Waals surface area contributed by atoms with Gasteiger partial charge >= 0.3 is 0 Å². The summed E-state index contributed by atoms with van der Waals surface area (Å²) in [6.07, 6.45) is 3.95. The number of hydrogen-bond donors (Lipinski definition) is 1. The number of nitrogens with one attached hydrogen (secondary N) is 1. The summed E-state index contributed by atoms with van der Waals surface area (Å²) in [5, 5.41) is 3.41. The van der Waals surface area contributed by atoms with Crippen LogP contribution in [0.25, 0.3) is 0 Å². The summed E-state index contributed by atoms with van der Waals surface area (Å²) in [5.41, 5.74) is 1.28. The van der Waals surface area contributed by atoms with E-state index in [1.807, 2.05) is 25.4 Å². The Hall–Kier alpha value is -1.85. The van der Waals surface area contributed by atoms with Gasteiger partial charge in [0.2, 0.25) is 0 Å². The summed E-state index contributed by atoms with van der Waals surface area (Å²) in [5.74, 6) is 2.06. The van der Waals surface area contributed by atoms with Crippen molar-refractivity contribution in [2.24, 2.45) is 0 Å². The summed E-state index contributed by atoms with van der Waals surface area (Å²) in [7, 11) is 3.71. The SMILES string of the molecule is CNC(CN1CCn2ccnc2C1)c1ccc(OC)cc1. The zero-order valence-electron chi connectivity index (χ0n) is 12.6. The molecule has 0 amide bonds. The molecule has 1 aromatic carbocycles. The van der Waals surface area contributed by atoms with Gasteiger partial charge in [0.05, 0.1) is 13.7 Å². The van der Waals surface area contributed by atoms with E-state index in [0.717, 1.165) is 37.8 Å². The first-order valence-corrected chi connectivity index (χ1v) is 7.33. The summed E-state index contributed by atoms with van der Waals surface area (Å²) in [6.45, 7) is 3.99. The van der Waals surface area contributed by atoms with Crippen molar-refractivity contribution in [1.29, 1.82) is 0 Å². The molecule has 5 nitrogen and oxygen atoms in total. The van der Waals surface area contributed by atoms with Crippen LogP contribution in [0.5, 0.6) is 5.75 Å². The molecule has 3 rings (SSSR count). The van der Waals surface area contributed by atoms with Gasteiger partial charge in [0.15, 0.2) is 0 Å². The molecular weight excluding hydrogens is 264 g/mol. The van der Waals surface area contributed by atoms with Gasteiger partial charge in [-0.3, -0.25) is 4.90 Å². The van der Waals surface area contributed by atoms with Crippen LogP contribution < -0.4 is 10.1 Å². The van der Waals surface area contributed by atoms with E-state index in [2.05, 4.69) is 38.1 Å². The van der Waals surface area contributed by atoms with Gasteiger partial charge in [0.1, 0.15) is 11.6 Å². The maximum Gasteiger partial charge on any atom is 0.122 e. The predicted molar refractivity (Wildman–Crippen MR) is 82.3 cm³/mol. The molecule has 1 aromatic heterocycles. The van der Waals surface area contributed by atoms with Crippen molar-refractivity contribution < 1.29 is 4.74 Å². The molecule has 0 radical (unpaired) electrons. The highest BCUT2D eigenvalue weighted by atomic mass is 16.5. The van der Waals surface area contributed by atoms with E-state index in [1.54, 1.807) is 7.11 Å². The van der Waals surface area contributed by atoms with Gasteiger partial charge in [0.25, 0.3) is 0 Å². The monoisotopic (exact) mass is 286 g/mol. The van der Waals surface area contributed by atoms with Gasteiger partial charge in [-0.2, -0.15) is 0 Å². The average Bonchev–Trinajstić information content (AvgIpc) is 3.00. The third-order valence-corrected chi connectivity index (χ3v) is 4.13. The van der Waals surface area contributed by atoms with E-state index in [9.17, 15) is 0 Å². The molecule has 5 heteroatoms. The van der Waals surface area contributed by atoms with E-state index in [0.29, 0.717) is 6.04 Å². The second-order valence-electron chi connectivity index (χ2n) is 5.39. The number of nitrogens with zero attached hydrogens (tertiary/aromatic N) is 3. The number of benzene rings is 1. The van der Waals surface area contributed by atoms with Crippen LogP contribution in [0, 0.1) is 0 Å². The van der Waals surface area contributed by atoms with E-state index in [4.69, 9.17) is 4.74 Å². The highest BCUT2D eigenvalue weighted by Gasteiger charge is 2.20. The van der Waals surface area contributed by atoms with E-state index in [1.165, 1.54) is 5.56 Å². The molecule has 1 N–H and O–H groups in total. The number of methoxy groups -OCH3 is 1. The molecule has 1 aliphatic heterocycles. The zero-order chi connectivity index (χ0) is 14.7. The van der Waals surface area contributed by atoms with E-state index in [-0.39, 0.29) is 0 Å². The van der Waals surface area contributed by atoms with E-state index >= 15 is 0 Å². The molecule has 0 aliphatic carbocycles. The van der Waals surface area contributed by atoms with Crippen LogP contribution >= 0.6 is 0 Å². The lowest BCUT2D eigenvalue weighted by Crippen LogP contribution is -2.39. The molecule has 2 aromatic rings. The number of hydrogen-bond acceptors (Lipinski definition) is 4. The molecular formula is C16H22N4O. The standard InChI is InChI=1S/C16H22N4O/c1-17-15(13-3-5-14(21-2)6-4-13)11-19-9-10-20-8-7-18-16(20)12-19/h3-8,15,17H,9-12H2,1-2H3. The summed E-state index contributed by atoms with van der Waals surface area (Å²) >= 11 is 0. The van der Waals surface area contributed by atoms with Crippen LogP contribution in [0.4, 0.5) is 0 Å². The zero-order valence-corrected chi connectivity index (χ0v) is 12.6. The van der Waals surface area contributed by atoms with Crippen molar-refractivity contribution in [3.63, 3.8) is 0 Å². The van der Waals surface area contributed by atoms with Gasteiger partial charge in [0, 0.05) is 38.1 Å². The van der Waals surface area contributed by atoms with Crippen LogP contribution in [0.15, 0.2) is 36.7 Å². The first-order valence-electron chi connectivity index (χ1n) is 7.33. The molecule has 1 atom stereocenters. The fourth-order valence-corrected chi connectivity index (χ4v) is 2.84. The maximum absolute atomic E-state index is 5.22. The summed E-state index contributed by atoms with van der Waals surface area (Å²) < 4.78 is 7.46. The molecule has 0 saturated heterocycles. The van der Waals surface area contributed by atoms with Gasteiger partial charge in [-0.1, -0.05) is 12.1 Å². The number of ether oxygens (including phenoxy) is 1. The normalized spacial score (nSPS) is 16.5. The van der Waals surface area contributed by atoms with Crippen molar-refractivity contribution in [2.45, 2.75) is 19.1 Å². The lowest BCUT2D eigenvalue weighted by molar-refractivity contribution is 0.197. The lowest BCUT2D eigenvalue weighted by Gasteiger charge is -2.31. The quantitative estimate of drug-likeness (QED) is 0.908. The predicted octanol–water partition coefficient (Wildman–Crippen LogP) is 1.67. The Balaban J connectivity index is 1.67. The molecule has 112 valence electrons. The van der Waals surface area contributed by atoms with Crippen LogP contribution in [0.3, 0.4) is 0 Å². The smallest absolute Gasteiger partial charge is 0.122 e. The number of imidazole rings is 1. The van der Waals surface area contributed by atoms with Crippen molar-refractivity contribution in [1.82, 2.24) is 19.8 Å². The first kappa shape index (κ1) is 14.1. The Morgan fingerprint density at radius 1 is 1.29 bits per heavy atom. The Labute approximate surface area is 125 Å². The molecule has 0 bridgehead atoms. The van der Waals surface area contributed by atoms with Crippen LogP contribution in [-0.2, 0) is 13.1 Å². The second-order valence-corrected chi connectivity index (χ2v) is 5.39. The molecule has 0 saturated carbocycles. The topological polar surface area (TPSA) is 42.3 Å². The van der Waals surface area contributed by atoms with Crippen LogP contribution in [-0.4, -0.2) is 41.7 Å². The fraction of sp³-hybridized carbons (Fsp3) is 0.438. The molecule has 21 heavy (non-hydrogen) atoms. The van der Waals surface area contributed by atoms with Gasteiger partial charge in [-0.15, -0.1) is 0 Å². The molecule has 0 fully saturated rings. The lowest BCUT2D eigenvalue weighted by atomic mass is 10.1. The van der Waals surface area contributed by atoms with Crippen LogP contribution in [0.1, 0.15) is 17.4 Å². The van der Waals surface area contributed by atoms with Crippen LogP contribution in [0.2, 0.25) is 0 Å². The first-order chi connectivity index (χ1) is 10.3. The fourth-order valence-electron chi connectivity index (χ4n) is 2.84. The molecule has 2 heterocycles. The highest BCUT2D eigenvalue weighted by molar-refractivity contribution is 5.29. The Kier molecular flexibility index (Phi) is 4.22. The summed E-state index contributed by atoms with van der Waals surface area (Å²) in [4.78, 5) is 6.87. The molecule has 0 spiro atoms.